The van der Waals surface area contributed by atoms with E-state index >= 15 is 0 Å². The molecule has 1 aliphatic carbocycles. The quantitative estimate of drug-likeness (QED) is 0.872. The number of nitrogens with zero attached hydrogens (tertiary/aromatic N) is 2. The van der Waals surface area contributed by atoms with Gasteiger partial charge in [0.25, 0.3) is 5.91 Å². The number of benzene rings is 1. The molecule has 1 fully saturated rings. The number of hydrogen-bond acceptors (Lipinski definition) is 3. The second kappa shape index (κ2) is 4.66. The highest BCUT2D eigenvalue weighted by Crippen LogP contribution is 2.32. The predicted molar refractivity (Wildman–Crippen MR) is 71.8 cm³/mol. The maximum Gasteiger partial charge on any atom is 0.255 e. The first-order valence-electron chi connectivity index (χ1n) is 6.52. The Bertz CT molecular complexity index is 604. The van der Waals surface area contributed by atoms with Crippen LogP contribution in [-0.2, 0) is 0 Å². The van der Waals surface area contributed by atoms with Crippen molar-refractivity contribution in [3.63, 3.8) is 0 Å². The van der Waals surface area contributed by atoms with Crippen molar-refractivity contribution in [3.05, 3.63) is 30.0 Å². The molecule has 1 aromatic heterocycles. The fraction of sp³-hybridized carbons (Fsp3) is 0.429. The van der Waals surface area contributed by atoms with E-state index in [-0.39, 0.29) is 5.91 Å². The molecule has 0 spiro atoms. The molecule has 1 atom stereocenters. The van der Waals surface area contributed by atoms with Crippen molar-refractivity contribution in [2.75, 3.05) is 13.6 Å². The number of likely N-dealkylation sites (N-methyl/N-ethyl adjacent to an activating group) is 1. The van der Waals surface area contributed by atoms with Crippen molar-refractivity contribution in [3.8, 4) is 0 Å². The smallest absolute Gasteiger partial charge is 0.255 e. The first-order valence-corrected chi connectivity index (χ1v) is 6.52. The van der Waals surface area contributed by atoms with Crippen LogP contribution in [0.3, 0.4) is 0 Å². The minimum absolute atomic E-state index is 0.0884. The normalized spacial score (nSPS) is 16.5. The number of aromatic amines is 1. The lowest BCUT2D eigenvalue weighted by Gasteiger charge is -2.21. The second-order valence-corrected chi connectivity index (χ2v) is 5.23. The van der Waals surface area contributed by atoms with E-state index in [1.54, 1.807) is 24.2 Å². The summed E-state index contributed by atoms with van der Waals surface area (Å²) in [6.07, 6.45) is 3.43. The number of aliphatic hydroxyl groups is 1. The van der Waals surface area contributed by atoms with Crippen molar-refractivity contribution >= 4 is 16.8 Å². The molecule has 0 saturated heterocycles. The zero-order valence-corrected chi connectivity index (χ0v) is 10.8. The molecule has 1 amide bonds. The van der Waals surface area contributed by atoms with Crippen LogP contribution in [0.25, 0.3) is 10.9 Å². The van der Waals surface area contributed by atoms with Gasteiger partial charge in [-0.1, -0.05) is 12.1 Å². The molecule has 2 N–H and O–H groups in total. The number of carbonyl (C=O) groups is 1. The highest BCUT2D eigenvalue weighted by Gasteiger charge is 2.31. The second-order valence-electron chi connectivity index (χ2n) is 5.23. The summed E-state index contributed by atoms with van der Waals surface area (Å²) in [7, 11) is 1.73. The number of rotatable bonds is 4. The van der Waals surface area contributed by atoms with Gasteiger partial charge in [0.1, 0.15) is 0 Å². The van der Waals surface area contributed by atoms with Crippen LogP contribution in [0.2, 0.25) is 0 Å². The molecule has 1 heterocycles. The standard InChI is InChI=1S/C14H17N3O2/c1-17(8-12(18)9-5-6-9)14(19)11-4-2-3-10-7-15-16-13(10)11/h2-4,7,9,12,18H,5-6,8H2,1H3,(H,15,16). The maximum absolute atomic E-state index is 12.4. The summed E-state index contributed by atoms with van der Waals surface area (Å²) in [6.45, 7) is 0.383. The van der Waals surface area contributed by atoms with Crippen molar-refractivity contribution < 1.29 is 9.90 Å². The van der Waals surface area contributed by atoms with Crippen LogP contribution in [0.4, 0.5) is 0 Å². The molecule has 2 aromatic rings. The van der Waals surface area contributed by atoms with Crippen LogP contribution in [0.1, 0.15) is 23.2 Å². The SMILES string of the molecule is CN(CC(O)C1CC1)C(=O)c1cccc2cn[nH]c12. The highest BCUT2D eigenvalue weighted by molar-refractivity contribution is 6.05. The van der Waals surface area contributed by atoms with Gasteiger partial charge in [0.2, 0.25) is 0 Å². The van der Waals surface area contributed by atoms with Gasteiger partial charge in [-0.15, -0.1) is 0 Å². The van der Waals surface area contributed by atoms with Crippen LogP contribution in [-0.4, -0.2) is 45.8 Å². The summed E-state index contributed by atoms with van der Waals surface area (Å²) < 4.78 is 0. The number of carbonyl (C=O) groups excluding carboxylic acids is 1. The van der Waals surface area contributed by atoms with Gasteiger partial charge in [0.15, 0.2) is 0 Å². The lowest BCUT2D eigenvalue weighted by Crippen LogP contribution is -2.35. The number of nitrogens with one attached hydrogen (secondary N) is 1. The van der Waals surface area contributed by atoms with Crippen LogP contribution in [0.15, 0.2) is 24.4 Å². The molecule has 0 radical (unpaired) electrons. The number of para-hydroxylation sites is 1. The number of amides is 1. The molecule has 100 valence electrons. The van der Waals surface area contributed by atoms with E-state index in [0.717, 1.165) is 23.7 Å². The fourth-order valence-corrected chi connectivity index (χ4v) is 2.35. The Balaban J connectivity index is 1.80. The summed E-state index contributed by atoms with van der Waals surface area (Å²) in [6, 6.07) is 5.54. The lowest BCUT2D eigenvalue weighted by atomic mass is 10.1. The molecule has 1 aliphatic rings. The average Bonchev–Trinajstić information content (AvgIpc) is 3.15. The molecule has 1 aromatic carbocycles. The molecule has 0 aliphatic heterocycles. The van der Waals surface area contributed by atoms with Gasteiger partial charge in [-0.25, -0.2) is 0 Å². The van der Waals surface area contributed by atoms with E-state index in [0.29, 0.717) is 18.0 Å². The Morgan fingerprint density at radius 3 is 3.11 bits per heavy atom. The molecular weight excluding hydrogens is 242 g/mol. The molecule has 1 saturated carbocycles. The van der Waals surface area contributed by atoms with Gasteiger partial charge < -0.3 is 10.0 Å². The average molecular weight is 259 g/mol. The van der Waals surface area contributed by atoms with Crippen LogP contribution >= 0.6 is 0 Å². The van der Waals surface area contributed by atoms with Crippen molar-refractivity contribution in [1.29, 1.82) is 0 Å². The Hall–Kier alpha value is -1.88. The van der Waals surface area contributed by atoms with Gasteiger partial charge in [-0.05, 0) is 24.8 Å². The maximum atomic E-state index is 12.4. The topological polar surface area (TPSA) is 69.2 Å². The molecule has 19 heavy (non-hydrogen) atoms. The number of aromatic nitrogens is 2. The molecule has 0 bridgehead atoms. The minimum Gasteiger partial charge on any atom is -0.391 e. The van der Waals surface area contributed by atoms with Crippen molar-refractivity contribution in [2.24, 2.45) is 5.92 Å². The van der Waals surface area contributed by atoms with Crippen LogP contribution < -0.4 is 0 Å². The largest absolute Gasteiger partial charge is 0.391 e. The number of H-pyrrole nitrogens is 1. The molecular formula is C14H17N3O2. The monoisotopic (exact) mass is 259 g/mol. The van der Waals surface area contributed by atoms with Crippen LogP contribution in [0, 0.1) is 5.92 Å². The van der Waals surface area contributed by atoms with Crippen LogP contribution in [0.5, 0.6) is 0 Å². The Kier molecular flexibility index (Phi) is 2.98. The predicted octanol–water partition coefficient (Wildman–Crippen LogP) is 1.41. The zero-order chi connectivity index (χ0) is 13.4. The van der Waals surface area contributed by atoms with E-state index in [4.69, 9.17) is 0 Å². The fourth-order valence-electron chi connectivity index (χ4n) is 2.35. The summed E-state index contributed by atoms with van der Waals surface area (Å²) in [4.78, 5) is 14.0. The van der Waals surface area contributed by atoms with Crippen molar-refractivity contribution in [1.82, 2.24) is 15.1 Å². The Labute approximate surface area is 111 Å². The summed E-state index contributed by atoms with van der Waals surface area (Å²) in [5.74, 6) is 0.285. The van der Waals surface area contributed by atoms with Gasteiger partial charge in [0.05, 0.1) is 23.4 Å². The van der Waals surface area contributed by atoms with E-state index in [9.17, 15) is 9.90 Å². The van der Waals surface area contributed by atoms with E-state index in [1.807, 2.05) is 12.1 Å². The first kappa shape index (κ1) is 12.2. The summed E-state index contributed by atoms with van der Waals surface area (Å²) >= 11 is 0. The third-order valence-corrected chi connectivity index (χ3v) is 3.68. The van der Waals surface area contributed by atoms with E-state index in [2.05, 4.69) is 10.2 Å². The Morgan fingerprint density at radius 2 is 2.37 bits per heavy atom. The summed E-state index contributed by atoms with van der Waals surface area (Å²) in [5, 5.41) is 17.6. The number of fused-ring (bicyclic) bond motifs is 1. The third-order valence-electron chi connectivity index (χ3n) is 3.68. The molecule has 3 rings (SSSR count). The summed E-state index contributed by atoms with van der Waals surface area (Å²) in [5.41, 5.74) is 1.35. The Morgan fingerprint density at radius 1 is 1.58 bits per heavy atom. The number of hydrogen-bond donors (Lipinski definition) is 2. The first-order chi connectivity index (χ1) is 9.16. The third kappa shape index (κ3) is 2.33. The molecule has 5 nitrogen and oxygen atoms in total. The van der Waals surface area contributed by atoms with E-state index in [1.165, 1.54) is 0 Å². The highest BCUT2D eigenvalue weighted by atomic mass is 16.3. The lowest BCUT2D eigenvalue weighted by molar-refractivity contribution is 0.0647. The minimum atomic E-state index is -0.407. The van der Waals surface area contributed by atoms with E-state index < -0.39 is 6.10 Å². The number of aliphatic hydroxyl groups excluding tert-OH is 1. The van der Waals surface area contributed by atoms with Gasteiger partial charge in [-0.2, -0.15) is 5.10 Å². The van der Waals surface area contributed by atoms with Crippen molar-refractivity contribution in [2.45, 2.75) is 18.9 Å². The zero-order valence-electron chi connectivity index (χ0n) is 10.8. The molecule has 1 unspecified atom stereocenters. The van der Waals surface area contributed by atoms with Gasteiger partial charge in [-0.3, -0.25) is 9.89 Å². The van der Waals surface area contributed by atoms with Gasteiger partial charge in [0, 0.05) is 19.0 Å². The van der Waals surface area contributed by atoms with Gasteiger partial charge >= 0.3 is 0 Å². The molecule has 5 heteroatoms.